The first-order valence-electron chi connectivity index (χ1n) is 5.93. The molecule has 1 atom stereocenters. The van der Waals surface area contributed by atoms with Gasteiger partial charge in [-0.2, -0.15) is 0 Å². The van der Waals surface area contributed by atoms with E-state index in [1.165, 1.54) is 16.0 Å². The summed E-state index contributed by atoms with van der Waals surface area (Å²) in [5, 5.41) is 2.14. The Kier molecular flexibility index (Phi) is 4.41. The Bertz CT molecular complexity index is 442. The van der Waals surface area contributed by atoms with Crippen LogP contribution in [0.25, 0.3) is 0 Å². The van der Waals surface area contributed by atoms with Crippen molar-refractivity contribution < 1.29 is 0 Å². The standard InChI is InChI=1S/C15H17BrS/c1-11(2)12-5-7-13(8-6-12)15(16)10-14-4-3-9-17-14/h3-9,11,15H,10H2,1-2H3. The molecule has 0 aliphatic heterocycles. The van der Waals surface area contributed by atoms with Crippen molar-refractivity contribution >= 4 is 27.3 Å². The van der Waals surface area contributed by atoms with E-state index in [9.17, 15) is 0 Å². The van der Waals surface area contributed by atoms with E-state index in [0.717, 1.165) is 6.42 Å². The summed E-state index contributed by atoms with van der Waals surface area (Å²) < 4.78 is 0. The van der Waals surface area contributed by atoms with Crippen molar-refractivity contribution in [3.8, 4) is 0 Å². The molecule has 0 saturated heterocycles. The maximum Gasteiger partial charge on any atom is 0.0443 e. The predicted molar refractivity (Wildman–Crippen MR) is 80.2 cm³/mol. The summed E-state index contributed by atoms with van der Waals surface area (Å²) in [5.41, 5.74) is 2.77. The van der Waals surface area contributed by atoms with E-state index in [0.29, 0.717) is 10.7 Å². The monoisotopic (exact) mass is 308 g/mol. The Morgan fingerprint density at radius 1 is 1.06 bits per heavy atom. The molecule has 1 heterocycles. The molecule has 0 amide bonds. The zero-order valence-electron chi connectivity index (χ0n) is 10.2. The van der Waals surface area contributed by atoms with Crippen LogP contribution in [0.15, 0.2) is 41.8 Å². The van der Waals surface area contributed by atoms with E-state index in [-0.39, 0.29) is 0 Å². The quantitative estimate of drug-likeness (QED) is 0.650. The third-order valence-electron chi connectivity index (χ3n) is 2.93. The molecule has 0 bridgehead atoms. The second-order valence-electron chi connectivity index (χ2n) is 4.57. The molecule has 0 fully saturated rings. The first-order chi connectivity index (χ1) is 8.16. The van der Waals surface area contributed by atoms with E-state index in [1.54, 1.807) is 0 Å². The molecular weight excluding hydrogens is 292 g/mol. The van der Waals surface area contributed by atoms with Gasteiger partial charge in [-0.05, 0) is 34.9 Å². The molecule has 0 N–H and O–H groups in total. The van der Waals surface area contributed by atoms with Crippen LogP contribution in [0.5, 0.6) is 0 Å². The zero-order valence-corrected chi connectivity index (χ0v) is 12.6. The molecule has 1 aromatic carbocycles. The molecular formula is C15H17BrS. The normalized spacial score (nSPS) is 12.9. The molecule has 17 heavy (non-hydrogen) atoms. The van der Waals surface area contributed by atoms with Gasteiger partial charge in [0, 0.05) is 9.70 Å². The van der Waals surface area contributed by atoms with Crippen LogP contribution in [0.3, 0.4) is 0 Å². The van der Waals surface area contributed by atoms with E-state index in [2.05, 4.69) is 71.6 Å². The van der Waals surface area contributed by atoms with Gasteiger partial charge in [-0.1, -0.05) is 60.1 Å². The van der Waals surface area contributed by atoms with Gasteiger partial charge in [-0.25, -0.2) is 0 Å². The number of hydrogen-bond donors (Lipinski definition) is 0. The third kappa shape index (κ3) is 3.43. The van der Waals surface area contributed by atoms with Gasteiger partial charge in [-0.3, -0.25) is 0 Å². The lowest BCUT2D eigenvalue weighted by Crippen LogP contribution is -1.94. The van der Waals surface area contributed by atoms with Crippen molar-refractivity contribution in [3.05, 3.63) is 57.8 Å². The third-order valence-corrected chi connectivity index (χ3v) is 4.68. The lowest BCUT2D eigenvalue weighted by molar-refractivity contribution is 0.863. The van der Waals surface area contributed by atoms with Crippen LogP contribution < -0.4 is 0 Å². The van der Waals surface area contributed by atoms with E-state index < -0.39 is 0 Å². The molecule has 0 saturated carbocycles. The highest BCUT2D eigenvalue weighted by Crippen LogP contribution is 2.29. The summed E-state index contributed by atoms with van der Waals surface area (Å²) in [6.07, 6.45) is 1.07. The average Bonchev–Trinajstić information content (AvgIpc) is 2.82. The van der Waals surface area contributed by atoms with Gasteiger partial charge in [0.15, 0.2) is 0 Å². The minimum absolute atomic E-state index is 0.419. The topological polar surface area (TPSA) is 0 Å². The van der Waals surface area contributed by atoms with Crippen LogP contribution in [0.2, 0.25) is 0 Å². The molecule has 0 radical (unpaired) electrons. The molecule has 2 aromatic rings. The van der Waals surface area contributed by atoms with Gasteiger partial charge in [0.1, 0.15) is 0 Å². The fraction of sp³-hybridized carbons (Fsp3) is 0.333. The van der Waals surface area contributed by atoms with Crippen molar-refractivity contribution in [2.75, 3.05) is 0 Å². The summed E-state index contributed by atoms with van der Waals surface area (Å²) in [4.78, 5) is 1.85. The lowest BCUT2D eigenvalue weighted by atomic mass is 10.00. The number of hydrogen-bond acceptors (Lipinski definition) is 1. The summed E-state index contributed by atoms with van der Waals surface area (Å²) in [5.74, 6) is 0.607. The van der Waals surface area contributed by atoms with Crippen molar-refractivity contribution in [2.45, 2.75) is 31.0 Å². The van der Waals surface area contributed by atoms with E-state index in [4.69, 9.17) is 0 Å². The molecule has 1 unspecified atom stereocenters. The lowest BCUT2D eigenvalue weighted by Gasteiger charge is -2.11. The van der Waals surface area contributed by atoms with Gasteiger partial charge in [0.25, 0.3) is 0 Å². The molecule has 0 aliphatic carbocycles. The van der Waals surface area contributed by atoms with Gasteiger partial charge in [-0.15, -0.1) is 11.3 Å². The SMILES string of the molecule is CC(C)c1ccc(C(Br)Cc2cccs2)cc1. The smallest absolute Gasteiger partial charge is 0.0443 e. The molecule has 0 nitrogen and oxygen atoms in total. The van der Waals surface area contributed by atoms with Crippen LogP contribution in [0, 0.1) is 0 Å². The van der Waals surface area contributed by atoms with Crippen LogP contribution in [0.1, 0.15) is 40.6 Å². The Morgan fingerprint density at radius 3 is 2.24 bits per heavy atom. The maximum absolute atomic E-state index is 3.78. The summed E-state index contributed by atoms with van der Waals surface area (Å²) in [6.45, 7) is 4.46. The maximum atomic E-state index is 3.78. The van der Waals surface area contributed by atoms with Crippen LogP contribution in [0.4, 0.5) is 0 Å². The fourth-order valence-electron chi connectivity index (χ4n) is 1.81. The second-order valence-corrected chi connectivity index (χ2v) is 6.71. The molecule has 90 valence electrons. The summed E-state index contributed by atoms with van der Waals surface area (Å²) in [7, 11) is 0. The Morgan fingerprint density at radius 2 is 1.71 bits per heavy atom. The predicted octanol–water partition coefficient (Wildman–Crippen LogP) is 5.55. The van der Waals surface area contributed by atoms with Crippen LogP contribution in [-0.2, 0) is 6.42 Å². The number of rotatable bonds is 4. The Labute approximate surface area is 116 Å². The Hall–Kier alpha value is -0.600. The minimum atomic E-state index is 0.419. The number of halogens is 1. The molecule has 2 rings (SSSR count). The highest BCUT2D eigenvalue weighted by atomic mass is 79.9. The van der Waals surface area contributed by atoms with Crippen molar-refractivity contribution in [3.63, 3.8) is 0 Å². The van der Waals surface area contributed by atoms with Crippen molar-refractivity contribution in [1.29, 1.82) is 0 Å². The zero-order chi connectivity index (χ0) is 12.3. The van der Waals surface area contributed by atoms with Gasteiger partial charge in [0.05, 0.1) is 0 Å². The molecule has 0 aliphatic rings. The summed E-state index contributed by atoms with van der Waals surface area (Å²) >= 11 is 5.60. The highest BCUT2D eigenvalue weighted by Gasteiger charge is 2.09. The Balaban J connectivity index is 2.06. The first-order valence-corrected chi connectivity index (χ1v) is 7.72. The van der Waals surface area contributed by atoms with Crippen molar-refractivity contribution in [1.82, 2.24) is 0 Å². The van der Waals surface area contributed by atoms with E-state index >= 15 is 0 Å². The van der Waals surface area contributed by atoms with Gasteiger partial charge < -0.3 is 0 Å². The van der Waals surface area contributed by atoms with Gasteiger partial charge >= 0.3 is 0 Å². The van der Waals surface area contributed by atoms with Crippen LogP contribution >= 0.6 is 27.3 Å². The summed E-state index contributed by atoms with van der Waals surface area (Å²) in [6, 6.07) is 13.3. The molecule has 0 spiro atoms. The van der Waals surface area contributed by atoms with E-state index in [1.807, 2.05) is 11.3 Å². The van der Waals surface area contributed by atoms with Gasteiger partial charge in [0.2, 0.25) is 0 Å². The number of alkyl halides is 1. The fourth-order valence-corrected chi connectivity index (χ4v) is 3.43. The average molecular weight is 309 g/mol. The largest absolute Gasteiger partial charge is 0.149 e. The molecule has 1 aromatic heterocycles. The molecule has 2 heteroatoms. The highest BCUT2D eigenvalue weighted by molar-refractivity contribution is 9.09. The second kappa shape index (κ2) is 5.83. The number of thiophene rings is 1. The van der Waals surface area contributed by atoms with Crippen molar-refractivity contribution in [2.24, 2.45) is 0 Å². The number of benzene rings is 1. The minimum Gasteiger partial charge on any atom is -0.149 e. The van der Waals surface area contributed by atoms with Crippen LogP contribution in [-0.4, -0.2) is 0 Å². The first kappa shape index (κ1) is 12.8.